The van der Waals surface area contributed by atoms with Crippen LogP contribution in [0.25, 0.3) is 0 Å². The summed E-state index contributed by atoms with van der Waals surface area (Å²) in [7, 11) is 0. The van der Waals surface area contributed by atoms with Gasteiger partial charge in [0.1, 0.15) is 6.73 Å². The third-order valence-corrected chi connectivity index (χ3v) is 1.32. The lowest BCUT2D eigenvalue weighted by Gasteiger charge is -2.11. The van der Waals surface area contributed by atoms with Crippen molar-refractivity contribution in [3.05, 3.63) is 0 Å². The van der Waals surface area contributed by atoms with E-state index in [9.17, 15) is 0 Å². The molecule has 0 spiro atoms. The Kier molecular flexibility index (Phi) is 2.27. The zero-order valence-electron chi connectivity index (χ0n) is 4.97. The summed E-state index contributed by atoms with van der Waals surface area (Å²) in [5.74, 6) is 0. The van der Waals surface area contributed by atoms with Crippen molar-refractivity contribution in [1.82, 2.24) is 5.06 Å². The lowest BCUT2D eigenvalue weighted by atomic mass is 10.4. The van der Waals surface area contributed by atoms with Crippen LogP contribution in [0, 0.1) is 0 Å². The highest BCUT2D eigenvalue weighted by molar-refractivity contribution is 4.56. The van der Waals surface area contributed by atoms with Crippen LogP contribution in [0.5, 0.6) is 0 Å². The Bertz CT molecular complexity index is 61.4. The highest BCUT2D eigenvalue weighted by Gasteiger charge is 2.09. The van der Waals surface area contributed by atoms with Gasteiger partial charge in [0, 0.05) is 13.1 Å². The molecular weight excluding hydrogens is 104 g/mol. The van der Waals surface area contributed by atoms with E-state index in [0.717, 1.165) is 13.1 Å². The fraction of sp³-hybridized carbons (Fsp3) is 1.00. The van der Waals surface area contributed by atoms with Crippen molar-refractivity contribution in [1.29, 1.82) is 0 Å². The number of hydrogen-bond acceptors (Lipinski definition) is 3. The Balaban J connectivity index is 2.06. The third-order valence-electron chi connectivity index (χ3n) is 1.32. The van der Waals surface area contributed by atoms with Crippen molar-refractivity contribution < 1.29 is 4.84 Å². The van der Waals surface area contributed by atoms with Gasteiger partial charge in [-0.05, 0) is 12.8 Å². The van der Waals surface area contributed by atoms with Gasteiger partial charge in [-0.2, -0.15) is 5.06 Å². The van der Waals surface area contributed by atoms with Gasteiger partial charge in [0.25, 0.3) is 0 Å². The second-order valence-corrected chi connectivity index (χ2v) is 1.93. The molecule has 3 heteroatoms. The first kappa shape index (κ1) is 6.01. The van der Waals surface area contributed by atoms with E-state index in [1.54, 1.807) is 0 Å². The highest BCUT2D eigenvalue weighted by Crippen LogP contribution is 2.05. The van der Waals surface area contributed by atoms with Crippen LogP contribution in [-0.4, -0.2) is 24.9 Å². The van der Waals surface area contributed by atoms with Gasteiger partial charge >= 0.3 is 0 Å². The van der Waals surface area contributed by atoms with Gasteiger partial charge < -0.3 is 5.73 Å². The fourth-order valence-electron chi connectivity index (χ4n) is 0.923. The van der Waals surface area contributed by atoms with Gasteiger partial charge in [0.05, 0.1) is 0 Å². The molecule has 0 radical (unpaired) electrons. The van der Waals surface area contributed by atoms with Gasteiger partial charge in [-0.1, -0.05) is 0 Å². The van der Waals surface area contributed by atoms with Crippen molar-refractivity contribution in [3.8, 4) is 0 Å². The maximum Gasteiger partial charge on any atom is 0.116 e. The normalized spacial score (nSPS) is 22.1. The average molecular weight is 116 g/mol. The summed E-state index contributed by atoms with van der Waals surface area (Å²) in [4.78, 5) is 5.01. The second kappa shape index (κ2) is 3.02. The molecule has 0 aromatic carbocycles. The minimum atomic E-state index is 0.319. The standard InChI is InChI=1S/C5H12N2O/c6-5-8-7-3-1-2-4-7/h1-6H2. The van der Waals surface area contributed by atoms with Crippen LogP contribution in [0.4, 0.5) is 0 Å². The number of hydrogen-bond donors (Lipinski definition) is 1. The molecule has 2 N–H and O–H groups in total. The second-order valence-electron chi connectivity index (χ2n) is 1.93. The molecule has 1 rings (SSSR count). The first-order valence-electron chi connectivity index (χ1n) is 3.01. The molecule has 0 atom stereocenters. The summed E-state index contributed by atoms with van der Waals surface area (Å²) in [6.45, 7) is 2.42. The van der Waals surface area contributed by atoms with Crippen molar-refractivity contribution in [2.75, 3.05) is 19.8 Å². The number of nitrogens with two attached hydrogens (primary N) is 1. The van der Waals surface area contributed by atoms with Crippen LogP contribution in [-0.2, 0) is 4.84 Å². The van der Waals surface area contributed by atoms with Crippen molar-refractivity contribution in [2.24, 2.45) is 5.73 Å². The molecule has 0 aromatic heterocycles. The minimum Gasteiger partial charge on any atom is -0.307 e. The quantitative estimate of drug-likeness (QED) is 0.513. The van der Waals surface area contributed by atoms with Crippen LogP contribution < -0.4 is 5.73 Å². The molecule has 1 aliphatic heterocycles. The molecule has 0 amide bonds. The maximum atomic E-state index is 5.14. The molecule has 8 heavy (non-hydrogen) atoms. The molecule has 1 heterocycles. The predicted octanol–water partition coefficient (Wildman–Crippen LogP) is -0.0700. The number of hydroxylamine groups is 2. The summed E-state index contributed by atoms with van der Waals surface area (Å²) in [5, 5.41) is 1.92. The third kappa shape index (κ3) is 1.43. The molecule has 48 valence electrons. The van der Waals surface area contributed by atoms with E-state index in [2.05, 4.69) is 0 Å². The Morgan fingerprint density at radius 1 is 1.38 bits per heavy atom. The zero-order chi connectivity index (χ0) is 5.82. The first-order valence-corrected chi connectivity index (χ1v) is 3.01. The topological polar surface area (TPSA) is 38.5 Å². The highest BCUT2D eigenvalue weighted by atomic mass is 16.7. The summed E-state index contributed by atoms with van der Waals surface area (Å²) in [6.07, 6.45) is 2.50. The lowest BCUT2D eigenvalue weighted by molar-refractivity contribution is -0.140. The van der Waals surface area contributed by atoms with Crippen LogP contribution in [0.3, 0.4) is 0 Å². The minimum absolute atomic E-state index is 0.319. The van der Waals surface area contributed by atoms with E-state index in [0.29, 0.717) is 6.73 Å². The molecular formula is C5H12N2O. The summed E-state index contributed by atoms with van der Waals surface area (Å²) >= 11 is 0. The fourth-order valence-corrected chi connectivity index (χ4v) is 0.923. The predicted molar refractivity (Wildman–Crippen MR) is 30.9 cm³/mol. The molecule has 0 unspecified atom stereocenters. The molecule has 0 saturated carbocycles. The summed E-state index contributed by atoms with van der Waals surface area (Å²) in [5.41, 5.74) is 5.14. The van der Waals surface area contributed by atoms with E-state index >= 15 is 0 Å². The van der Waals surface area contributed by atoms with Crippen molar-refractivity contribution in [2.45, 2.75) is 12.8 Å². The van der Waals surface area contributed by atoms with Gasteiger partial charge in [-0.25, -0.2) is 0 Å². The summed E-state index contributed by atoms with van der Waals surface area (Å²) in [6, 6.07) is 0. The Hall–Kier alpha value is -0.120. The largest absolute Gasteiger partial charge is 0.307 e. The smallest absolute Gasteiger partial charge is 0.116 e. The number of rotatable bonds is 2. The van der Waals surface area contributed by atoms with E-state index in [4.69, 9.17) is 10.6 Å². The molecule has 1 fully saturated rings. The Labute approximate surface area is 49.4 Å². The SMILES string of the molecule is NCON1CCCC1. The van der Waals surface area contributed by atoms with E-state index in [1.807, 2.05) is 5.06 Å². The molecule has 0 aliphatic carbocycles. The lowest BCUT2D eigenvalue weighted by Crippen LogP contribution is -2.23. The first-order chi connectivity index (χ1) is 3.93. The van der Waals surface area contributed by atoms with E-state index in [-0.39, 0.29) is 0 Å². The molecule has 1 aliphatic rings. The van der Waals surface area contributed by atoms with Gasteiger partial charge in [0.2, 0.25) is 0 Å². The molecule has 3 nitrogen and oxygen atoms in total. The Morgan fingerprint density at radius 3 is 2.50 bits per heavy atom. The van der Waals surface area contributed by atoms with E-state index in [1.165, 1.54) is 12.8 Å². The van der Waals surface area contributed by atoms with Gasteiger partial charge in [-0.15, -0.1) is 0 Å². The molecule has 1 saturated heterocycles. The molecule has 0 bridgehead atoms. The number of nitrogens with zero attached hydrogens (tertiary/aromatic N) is 1. The van der Waals surface area contributed by atoms with Crippen LogP contribution in [0.2, 0.25) is 0 Å². The summed E-state index contributed by atoms with van der Waals surface area (Å²) < 4.78 is 0. The van der Waals surface area contributed by atoms with Crippen LogP contribution >= 0.6 is 0 Å². The van der Waals surface area contributed by atoms with Crippen molar-refractivity contribution in [3.63, 3.8) is 0 Å². The van der Waals surface area contributed by atoms with Gasteiger partial charge in [-0.3, -0.25) is 4.84 Å². The molecule has 0 aromatic rings. The van der Waals surface area contributed by atoms with Crippen molar-refractivity contribution >= 4 is 0 Å². The monoisotopic (exact) mass is 116 g/mol. The Morgan fingerprint density at radius 2 is 2.00 bits per heavy atom. The van der Waals surface area contributed by atoms with Crippen LogP contribution in [0.15, 0.2) is 0 Å². The van der Waals surface area contributed by atoms with Gasteiger partial charge in [0.15, 0.2) is 0 Å². The average Bonchev–Trinajstić information content (AvgIpc) is 2.19. The zero-order valence-corrected chi connectivity index (χ0v) is 4.97. The van der Waals surface area contributed by atoms with Crippen LogP contribution in [0.1, 0.15) is 12.8 Å². The maximum absolute atomic E-state index is 5.14. The van der Waals surface area contributed by atoms with E-state index < -0.39 is 0 Å².